The molecule has 1 heterocycles. The summed E-state index contributed by atoms with van der Waals surface area (Å²) < 4.78 is 32.3. The summed E-state index contributed by atoms with van der Waals surface area (Å²) in [5.74, 6) is 0.891. The molecular formula is C23H23N3O4S2. The highest BCUT2D eigenvalue weighted by Gasteiger charge is 2.20. The van der Waals surface area contributed by atoms with Crippen LogP contribution in [-0.4, -0.2) is 30.8 Å². The Hall–Kier alpha value is -3.27. The Balaban J connectivity index is 1.56. The highest BCUT2D eigenvalue weighted by Crippen LogP contribution is 2.19. The van der Waals surface area contributed by atoms with Gasteiger partial charge in [-0.25, -0.2) is 8.42 Å². The van der Waals surface area contributed by atoms with Gasteiger partial charge in [0.15, 0.2) is 5.11 Å². The van der Waals surface area contributed by atoms with Crippen LogP contribution < -0.4 is 10.6 Å². The number of furan rings is 1. The average molecular weight is 470 g/mol. The number of aryl methyl sites for hydroxylation is 1. The number of hydrogen-bond acceptors (Lipinski definition) is 5. The first-order chi connectivity index (χ1) is 15.2. The fraction of sp³-hybridized carbons (Fsp3) is 0.130. The minimum absolute atomic E-state index is 0.0899. The van der Waals surface area contributed by atoms with Gasteiger partial charge in [-0.15, -0.1) is 0 Å². The summed E-state index contributed by atoms with van der Waals surface area (Å²) in [6, 6.07) is 19.1. The first-order valence-corrected chi connectivity index (χ1v) is 11.6. The lowest BCUT2D eigenvalue weighted by Gasteiger charge is -2.17. The van der Waals surface area contributed by atoms with Crippen LogP contribution >= 0.6 is 12.2 Å². The van der Waals surface area contributed by atoms with Crippen LogP contribution in [-0.2, 0) is 21.4 Å². The van der Waals surface area contributed by atoms with E-state index in [2.05, 4.69) is 10.6 Å². The molecule has 0 bridgehead atoms. The molecule has 0 radical (unpaired) electrons. The van der Waals surface area contributed by atoms with Crippen molar-refractivity contribution in [2.75, 3.05) is 12.4 Å². The van der Waals surface area contributed by atoms with Crippen LogP contribution in [0, 0.1) is 6.92 Å². The fourth-order valence-corrected chi connectivity index (χ4v) is 4.21. The second kappa shape index (κ2) is 10.4. The molecule has 0 aliphatic rings. The maximum absolute atomic E-state index is 12.8. The largest absolute Gasteiger partial charge is 0.462 e. The van der Waals surface area contributed by atoms with Crippen LogP contribution in [0.2, 0.25) is 0 Å². The third-order valence-corrected chi connectivity index (χ3v) is 6.49. The van der Waals surface area contributed by atoms with Crippen molar-refractivity contribution < 1.29 is 17.6 Å². The Morgan fingerprint density at radius 2 is 1.75 bits per heavy atom. The number of benzene rings is 2. The van der Waals surface area contributed by atoms with Gasteiger partial charge in [-0.2, -0.15) is 4.31 Å². The summed E-state index contributed by atoms with van der Waals surface area (Å²) in [5.41, 5.74) is 1.44. The lowest BCUT2D eigenvalue weighted by atomic mass is 10.2. The van der Waals surface area contributed by atoms with E-state index in [1.165, 1.54) is 35.6 Å². The zero-order valence-corrected chi connectivity index (χ0v) is 19.2. The summed E-state index contributed by atoms with van der Waals surface area (Å²) in [6.45, 7) is 2.08. The van der Waals surface area contributed by atoms with E-state index in [1.807, 2.05) is 37.3 Å². The van der Waals surface area contributed by atoms with Crippen LogP contribution in [0.15, 0.2) is 82.1 Å². The minimum atomic E-state index is -3.65. The van der Waals surface area contributed by atoms with E-state index in [0.29, 0.717) is 11.4 Å². The molecular weight excluding hydrogens is 446 g/mol. The van der Waals surface area contributed by atoms with Gasteiger partial charge in [0.1, 0.15) is 11.5 Å². The van der Waals surface area contributed by atoms with E-state index in [-0.39, 0.29) is 16.6 Å². The Bertz CT molecular complexity index is 1220. The summed E-state index contributed by atoms with van der Waals surface area (Å²) in [7, 11) is -2.11. The van der Waals surface area contributed by atoms with Crippen LogP contribution in [0.3, 0.4) is 0 Å². The highest BCUT2D eigenvalue weighted by molar-refractivity contribution is 7.89. The van der Waals surface area contributed by atoms with Gasteiger partial charge in [-0.3, -0.25) is 10.1 Å². The summed E-state index contributed by atoms with van der Waals surface area (Å²) in [4.78, 5) is 12.1. The molecule has 166 valence electrons. The van der Waals surface area contributed by atoms with Crippen molar-refractivity contribution in [2.24, 2.45) is 0 Å². The summed E-state index contributed by atoms with van der Waals surface area (Å²) in [6.07, 6.45) is 2.85. The molecule has 2 N–H and O–H groups in total. The van der Waals surface area contributed by atoms with Gasteiger partial charge in [-0.05, 0) is 67.2 Å². The number of sulfonamides is 1. The van der Waals surface area contributed by atoms with Crippen LogP contribution in [0.1, 0.15) is 17.1 Å². The minimum Gasteiger partial charge on any atom is -0.462 e. The summed E-state index contributed by atoms with van der Waals surface area (Å²) >= 11 is 5.14. The number of nitrogens with zero attached hydrogens (tertiary/aromatic N) is 1. The second-order valence-corrected chi connectivity index (χ2v) is 9.45. The Morgan fingerprint density at radius 3 is 2.38 bits per heavy atom. The van der Waals surface area contributed by atoms with Crippen molar-refractivity contribution in [1.82, 2.24) is 9.62 Å². The van der Waals surface area contributed by atoms with E-state index >= 15 is 0 Å². The van der Waals surface area contributed by atoms with Crippen molar-refractivity contribution in [3.8, 4) is 0 Å². The van der Waals surface area contributed by atoms with Crippen molar-refractivity contribution in [2.45, 2.75) is 18.4 Å². The smallest absolute Gasteiger partial charge is 0.250 e. The number of nitrogens with one attached hydrogen (secondary N) is 2. The average Bonchev–Trinajstić information content (AvgIpc) is 3.18. The molecule has 2 aromatic carbocycles. The number of carbonyl (C=O) groups excluding carboxylic acids is 1. The van der Waals surface area contributed by atoms with Gasteiger partial charge in [0.2, 0.25) is 15.9 Å². The molecule has 0 saturated carbocycles. The second-order valence-electron chi connectivity index (χ2n) is 7.00. The van der Waals surface area contributed by atoms with Crippen molar-refractivity contribution >= 4 is 45.0 Å². The Kier molecular flexibility index (Phi) is 7.57. The molecule has 0 saturated heterocycles. The molecule has 32 heavy (non-hydrogen) atoms. The third-order valence-electron chi connectivity index (χ3n) is 4.47. The zero-order valence-electron chi connectivity index (χ0n) is 17.6. The zero-order chi connectivity index (χ0) is 23.1. The number of amides is 1. The summed E-state index contributed by atoms with van der Waals surface area (Å²) in [5, 5.41) is 5.47. The van der Waals surface area contributed by atoms with E-state index in [4.69, 9.17) is 16.6 Å². The molecule has 0 spiro atoms. The SMILES string of the molecule is Cc1ccc(C=CC(=O)NC(=S)Nc2ccc(S(=O)(=O)N(C)Cc3ccccc3)cc2)o1. The molecule has 3 rings (SSSR count). The van der Waals surface area contributed by atoms with Gasteiger partial charge in [0.05, 0.1) is 4.90 Å². The predicted molar refractivity (Wildman–Crippen MR) is 128 cm³/mol. The molecule has 3 aromatic rings. The Labute approximate surface area is 192 Å². The maximum atomic E-state index is 12.8. The lowest BCUT2D eigenvalue weighted by molar-refractivity contribution is -0.115. The first kappa shape index (κ1) is 23.4. The molecule has 7 nitrogen and oxygen atoms in total. The van der Waals surface area contributed by atoms with E-state index in [9.17, 15) is 13.2 Å². The first-order valence-electron chi connectivity index (χ1n) is 9.71. The molecule has 0 fully saturated rings. The van der Waals surface area contributed by atoms with Crippen LogP contribution in [0.25, 0.3) is 6.08 Å². The number of hydrogen-bond donors (Lipinski definition) is 2. The molecule has 1 aromatic heterocycles. The third kappa shape index (κ3) is 6.36. The molecule has 0 unspecified atom stereocenters. The van der Waals surface area contributed by atoms with E-state index in [0.717, 1.165) is 11.3 Å². The Morgan fingerprint density at radius 1 is 1.06 bits per heavy atom. The van der Waals surface area contributed by atoms with E-state index < -0.39 is 15.9 Å². The van der Waals surface area contributed by atoms with E-state index in [1.54, 1.807) is 24.3 Å². The fourth-order valence-electron chi connectivity index (χ4n) is 2.83. The lowest BCUT2D eigenvalue weighted by Crippen LogP contribution is -2.32. The quantitative estimate of drug-likeness (QED) is 0.402. The number of anilines is 1. The molecule has 0 aliphatic heterocycles. The number of thiocarbonyl (C=S) groups is 1. The standard InChI is InChI=1S/C23H23N3O4S2/c1-17-8-11-20(30-17)12-15-22(27)25-23(31)24-19-9-13-21(14-10-19)32(28,29)26(2)16-18-6-4-3-5-7-18/h3-15H,16H2,1-2H3,(H2,24,25,27,31). The van der Waals surface area contributed by atoms with Crippen LogP contribution in [0.5, 0.6) is 0 Å². The monoisotopic (exact) mass is 469 g/mol. The predicted octanol–water partition coefficient (Wildman–Crippen LogP) is 3.94. The van der Waals surface area contributed by atoms with Gasteiger partial charge < -0.3 is 9.73 Å². The van der Waals surface area contributed by atoms with Crippen LogP contribution in [0.4, 0.5) is 5.69 Å². The number of carbonyl (C=O) groups is 1. The van der Waals surface area contributed by atoms with Crippen molar-refractivity contribution in [3.05, 3.63) is 89.9 Å². The van der Waals surface area contributed by atoms with Gasteiger partial charge in [0, 0.05) is 25.4 Å². The molecule has 9 heteroatoms. The molecule has 1 amide bonds. The van der Waals surface area contributed by atoms with Crippen molar-refractivity contribution in [1.29, 1.82) is 0 Å². The maximum Gasteiger partial charge on any atom is 0.250 e. The topological polar surface area (TPSA) is 91.7 Å². The normalized spacial score (nSPS) is 11.6. The van der Waals surface area contributed by atoms with Gasteiger partial charge in [0.25, 0.3) is 0 Å². The highest BCUT2D eigenvalue weighted by atomic mass is 32.2. The molecule has 0 atom stereocenters. The van der Waals surface area contributed by atoms with Gasteiger partial charge in [-0.1, -0.05) is 30.3 Å². The number of rotatable bonds is 7. The van der Waals surface area contributed by atoms with Crippen molar-refractivity contribution in [3.63, 3.8) is 0 Å². The molecule has 0 aliphatic carbocycles. The van der Waals surface area contributed by atoms with Gasteiger partial charge >= 0.3 is 0 Å².